The quantitative estimate of drug-likeness (QED) is 0.549. The van der Waals surface area contributed by atoms with Crippen LogP contribution in [0.3, 0.4) is 0 Å². The lowest BCUT2D eigenvalue weighted by atomic mass is 9.43. The smallest absolute Gasteiger partial charge is 0.165 e. The number of carbonyl (C=O) groups is 1. The second-order valence-electron chi connectivity index (χ2n) is 12.5. The molecule has 0 aliphatic heterocycles. The van der Waals surface area contributed by atoms with E-state index in [1.165, 1.54) is 51.4 Å². The Morgan fingerprint density at radius 2 is 1.69 bits per heavy atom. The molecule has 8 atom stereocenters. The van der Waals surface area contributed by atoms with Gasteiger partial charge in [0, 0.05) is 11.8 Å². The molecular weight excluding hydrogens is 356 g/mol. The fourth-order valence-corrected chi connectivity index (χ4v) is 9.09. The van der Waals surface area contributed by atoms with Gasteiger partial charge in [0.25, 0.3) is 0 Å². The molecule has 0 aromatic rings. The van der Waals surface area contributed by atoms with E-state index < -0.39 is 5.60 Å². The lowest BCUT2D eigenvalue weighted by molar-refractivity contribution is -0.203. The Morgan fingerprint density at radius 1 is 0.966 bits per heavy atom. The molecule has 1 N–H and O–H groups in total. The second kappa shape index (κ2) is 7.64. The largest absolute Gasteiger partial charge is 0.381 e. The predicted octanol–water partition coefficient (Wildman–Crippen LogP) is 6.79. The van der Waals surface area contributed by atoms with Crippen LogP contribution in [0.2, 0.25) is 0 Å². The highest BCUT2D eigenvalue weighted by atomic mass is 16.3. The molecule has 0 saturated heterocycles. The first-order chi connectivity index (χ1) is 13.6. The highest BCUT2D eigenvalue weighted by molar-refractivity contribution is 5.89. The van der Waals surface area contributed by atoms with Crippen LogP contribution in [0.25, 0.3) is 0 Å². The first kappa shape index (κ1) is 21.8. The van der Waals surface area contributed by atoms with Gasteiger partial charge in [0.2, 0.25) is 0 Å². The maximum absolute atomic E-state index is 13.3. The van der Waals surface area contributed by atoms with E-state index in [4.69, 9.17) is 0 Å². The van der Waals surface area contributed by atoms with Crippen molar-refractivity contribution in [1.29, 1.82) is 0 Å². The first-order valence-corrected chi connectivity index (χ1v) is 12.9. The van der Waals surface area contributed by atoms with Crippen molar-refractivity contribution in [1.82, 2.24) is 0 Å². The van der Waals surface area contributed by atoms with Crippen molar-refractivity contribution in [2.24, 2.45) is 46.3 Å². The summed E-state index contributed by atoms with van der Waals surface area (Å²) in [5, 5.41) is 11.5. The number of aliphatic hydroxyl groups is 1. The lowest BCUT2D eigenvalue weighted by Gasteiger charge is -2.62. The van der Waals surface area contributed by atoms with Gasteiger partial charge in [-0.25, -0.2) is 0 Å². The van der Waals surface area contributed by atoms with Gasteiger partial charge >= 0.3 is 0 Å². The van der Waals surface area contributed by atoms with Gasteiger partial charge in [-0.1, -0.05) is 66.7 Å². The van der Waals surface area contributed by atoms with Crippen LogP contribution >= 0.6 is 0 Å². The van der Waals surface area contributed by atoms with Gasteiger partial charge < -0.3 is 5.11 Å². The topological polar surface area (TPSA) is 37.3 Å². The van der Waals surface area contributed by atoms with Gasteiger partial charge in [0.05, 0.1) is 0 Å². The van der Waals surface area contributed by atoms with E-state index in [1.54, 1.807) is 0 Å². The number of ketones is 1. The minimum absolute atomic E-state index is 0.173. The van der Waals surface area contributed by atoms with Crippen LogP contribution in [0.4, 0.5) is 0 Å². The number of Topliss-reactive ketones (excluding diaryl/α,β-unsaturated/α-hetero) is 1. The predicted molar refractivity (Wildman–Crippen MR) is 120 cm³/mol. The Morgan fingerprint density at radius 3 is 2.41 bits per heavy atom. The standard InChI is InChI=1S/C27H46O2/c1-18(2)9-8-10-19(3)21-11-12-22-20-17-24(28)27(29)15-7-6-14-26(27,5)23(20)13-16-25(21,22)4/h18-23,29H,6-17H2,1-5H3/t19-,20-,21+,22-,23-,25+,26+,27-/m0/s1. The molecule has 4 rings (SSSR count). The minimum Gasteiger partial charge on any atom is -0.381 e. The third-order valence-electron chi connectivity index (χ3n) is 10.8. The lowest BCUT2D eigenvalue weighted by Crippen LogP contribution is -2.65. The van der Waals surface area contributed by atoms with Crippen LogP contribution in [0.1, 0.15) is 112 Å². The SMILES string of the molecule is CC(C)CCC[C@H](C)[C@H]1CC[C@H]2[C@@H]3CC(=O)[C@@]4(O)CCCC[C@]4(C)[C@H]3CC[C@]12C. The zero-order chi connectivity index (χ0) is 21.0. The number of carbonyl (C=O) groups excluding carboxylic acids is 1. The number of rotatable bonds is 5. The molecule has 0 radical (unpaired) electrons. The van der Waals surface area contributed by atoms with E-state index >= 15 is 0 Å². The normalized spacial score (nSPS) is 48.2. The molecule has 2 nitrogen and oxygen atoms in total. The molecular formula is C27H46O2. The molecule has 0 unspecified atom stereocenters. The maximum Gasteiger partial charge on any atom is 0.165 e. The van der Waals surface area contributed by atoms with Crippen LogP contribution in [0, 0.1) is 46.3 Å². The molecule has 0 heterocycles. The third kappa shape index (κ3) is 3.26. The van der Waals surface area contributed by atoms with E-state index in [0.29, 0.717) is 36.0 Å². The Kier molecular flexibility index (Phi) is 5.76. The van der Waals surface area contributed by atoms with Crippen molar-refractivity contribution in [3.8, 4) is 0 Å². The third-order valence-corrected chi connectivity index (χ3v) is 10.8. The van der Waals surface area contributed by atoms with E-state index in [1.807, 2.05) is 0 Å². The van der Waals surface area contributed by atoms with Crippen LogP contribution in [0.5, 0.6) is 0 Å². The van der Waals surface area contributed by atoms with Crippen LogP contribution in [-0.4, -0.2) is 16.5 Å². The zero-order valence-corrected chi connectivity index (χ0v) is 19.8. The summed E-state index contributed by atoms with van der Waals surface area (Å²) in [6.07, 6.45) is 14.0. The zero-order valence-electron chi connectivity index (χ0n) is 19.8. The summed E-state index contributed by atoms with van der Waals surface area (Å²) in [4.78, 5) is 13.3. The molecule has 2 heteroatoms. The molecule has 4 aliphatic carbocycles. The van der Waals surface area contributed by atoms with Gasteiger partial charge in [0.1, 0.15) is 5.60 Å². The summed E-state index contributed by atoms with van der Waals surface area (Å²) < 4.78 is 0. The van der Waals surface area contributed by atoms with Gasteiger partial charge in [-0.2, -0.15) is 0 Å². The molecule has 0 amide bonds. The number of fused-ring (bicyclic) bond motifs is 5. The number of hydrogen-bond donors (Lipinski definition) is 1. The molecule has 29 heavy (non-hydrogen) atoms. The average Bonchev–Trinajstić information content (AvgIpc) is 3.01. The summed E-state index contributed by atoms with van der Waals surface area (Å²) in [6.45, 7) is 12.1. The fourth-order valence-electron chi connectivity index (χ4n) is 9.09. The second-order valence-corrected chi connectivity index (χ2v) is 12.5. The Balaban J connectivity index is 1.53. The van der Waals surface area contributed by atoms with Crippen LogP contribution < -0.4 is 0 Å². The summed E-state index contributed by atoms with van der Waals surface area (Å²) >= 11 is 0. The molecule has 0 aromatic heterocycles. The molecule has 0 bridgehead atoms. The average molecular weight is 403 g/mol. The fraction of sp³-hybridized carbons (Fsp3) is 0.963. The number of hydrogen-bond acceptors (Lipinski definition) is 2. The van der Waals surface area contributed by atoms with Crippen LogP contribution in [-0.2, 0) is 4.79 Å². The minimum atomic E-state index is -1.03. The van der Waals surface area contributed by atoms with E-state index in [2.05, 4.69) is 34.6 Å². The monoisotopic (exact) mass is 402 g/mol. The molecule has 4 aliphatic rings. The summed E-state index contributed by atoms with van der Waals surface area (Å²) in [6, 6.07) is 0. The first-order valence-electron chi connectivity index (χ1n) is 12.9. The molecule has 0 aromatic carbocycles. The molecule has 166 valence electrons. The van der Waals surface area contributed by atoms with Gasteiger partial charge in [0.15, 0.2) is 5.78 Å². The van der Waals surface area contributed by atoms with E-state index in [-0.39, 0.29) is 11.2 Å². The van der Waals surface area contributed by atoms with E-state index in [9.17, 15) is 9.90 Å². The summed E-state index contributed by atoms with van der Waals surface area (Å²) in [5.74, 6) is 4.42. The Bertz CT molecular complexity index is 626. The Labute approximate surface area is 179 Å². The molecule has 0 spiro atoms. The highest BCUT2D eigenvalue weighted by Crippen LogP contribution is 2.68. The van der Waals surface area contributed by atoms with Crippen molar-refractivity contribution in [2.45, 2.75) is 117 Å². The van der Waals surface area contributed by atoms with Crippen molar-refractivity contribution in [2.75, 3.05) is 0 Å². The van der Waals surface area contributed by atoms with E-state index in [0.717, 1.165) is 30.6 Å². The van der Waals surface area contributed by atoms with Crippen molar-refractivity contribution in [3.05, 3.63) is 0 Å². The van der Waals surface area contributed by atoms with Gasteiger partial charge in [-0.05, 0) is 79.4 Å². The van der Waals surface area contributed by atoms with Crippen molar-refractivity contribution < 1.29 is 9.90 Å². The summed E-state index contributed by atoms with van der Waals surface area (Å²) in [7, 11) is 0. The van der Waals surface area contributed by atoms with Crippen molar-refractivity contribution >= 4 is 5.78 Å². The molecule has 4 saturated carbocycles. The van der Waals surface area contributed by atoms with Crippen molar-refractivity contribution in [3.63, 3.8) is 0 Å². The molecule has 4 fully saturated rings. The highest BCUT2D eigenvalue weighted by Gasteiger charge is 2.66. The van der Waals surface area contributed by atoms with Gasteiger partial charge in [-0.3, -0.25) is 4.79 Å². The Hall–Kier alpha value is -0.370. The maximum atomic E-state index is 13.3. The summed E-state index contributed by atoms with van der Waals surface area (Å²) in [5.41, 5.74) is -0.783. The van der Waals surface area contributed by atoms with Gasteiger partial charge in [-0.15, -0.1) is 0 Å². The van der Waals surface area contributed by atoms with Crippen LogP contribution in [0.15, 0.2) is 0 Å².